The van der Waals surface area contributed by atoms with E-state index < -0.39 is 41.4 Å². The molecule has 0 saturated carbocycles. The molecule has 0 spiro atoms. The highest BCUT2D eigenvalue weighted by Gasteiger charge is 2.59. The number of halogens is 8. The van der Waals surface area contributed by atoms with E-state index in [9.17, 15) is 35.1 Å². The summed E-state index contributed by atoms with van der Waals surface area (Å²) >= 11 is 0. The van der Waals surface area contributed by atoms with Crippen LogP contribution in [0.4, 0.5) is 35.1 Å². The first kappa shape index (κ1) is 16.0. The van der Waals surface area contributed by atoms with Gasteiger partial charge >= 0.3 is 12.4 Å². The second-order valence-electron chi connectivity index (χ2n) is 3.46. The molecule has 1 aromatic carbocycles. The molecular formula is C10H3F8NO. The Kier molecular flexibility index (Phi) is 4.12. The van der Waals surface area contributed by atoms with Crippen LogP contribution in [0, 0.1) is 23.0 Å². The fourth-order valence-corrected chi connectivity index (χ4v) is 1.17. The summed E-state index contributed by atoms with van der Waals surface area (Å²) in [5.41, 5.74) is -0.622. The predicted molar refractivity (Wildman–Crippen MR) is 47.6 cm³/mol. The van der Waals surface area contributed by atoms with E-state index in [1.54, 1.807) is 0 Å². The van der Waals surface area contributed by atoms with Gasteiger partial charge in [-0.3, -0.25) is 0 Å². The molecule has 10 heteroatoms. The van der Waals surface area contributed by atoms with Gasteiger partial charge in [0.15, 0.2) is 17.4 Å². The molecule has 0 aliphatic carbocycles. The number of ether oxygens (including phenoxy) is 1. The summed E-state index contributed by atoms with van der Waals surface area (Å²) in [7, 11) is 0. The predicted octanol–water partition coefficient (Wildman–Crippen LogP) is 3.71. The van der Waals surface area contributed by atoms with Crippen molar-refractivity contribution in [2.45, 2.75) is 18.5 Å². The number of nitrogens with zero attached hydrogens (tertiary/aromatic N) is 1. The zero-order valence-electron chi connectivity index (χ0n) is 9.11. The lowest BCUT2D eigenvalue weighted by Gasteiger charge is -2.24. The van der Waals surface area contributed by atoms with Gasteiger partial charge in [0.2, 0.25) is 0 Å². The zero-order chi connectivity index (χ0) is 15.7. The average molecular weight is 305 g/mol. The summed E-state index contributed by atoms with van der Waals surface area (Å²) in [4.78, 5) is 0. The molecule has 0 bridgehead atoms. The van der Waals surface area contributed by atoms with Crippen LogP contribution in [-0.4, -0.2) is 18.5 Å². The first-order valence-corrected chi connectivity index (χ1v) is 4.66. The number of hydrogen-bond acceptors (Lipinski definition) is 2. The lowest BCUT2D eigenvalue weighted by atomic mass is 10.2. The molecule has 0 N–H and O–H groups in total. The molecule has 20 heavy (non-hydrogen) atoms. The van der Waals surface area contributed by atoms with Crippen LogP contribution in [0.15, 0.2) is 12.1 Å². The van der Waals surface area contributed by atoms with E-state index in [0.717, 1.165) is 0 Å². The van der Waals surface area contributed by atoms with Gasteiger partial charge in [-0.05, 0) is 12.1 Å². The van der Waals surface area contributed by atoms with E-state index in [2.05, 4.69) is 4.74 Å². The standard InChI is InChI=1S/C10H3F8NO/c11-5-1-4(3-19)2-6(12)7(5)20-8(9(13,14)15)10(16,17)18/h1-2,8H. The van der Waals surface area contributed by atoms with E-state index in [1.165, 1.54) is 6.07 Å². The monoisotopic (exact) mass is 305 g/mol. The molecule has 0 atom stereocenters. The van der Waals surface area contributed by atoms with Crippen LogP contribution in [-0.2, 0) is 0 Å². The van der Waals surface area contributed by atoms with E-state index in [0.29, 0.717) is 0 Å². The van der Waals surface area contributed by atoms with Crippen molar-refractivity contribution < 1.29 is 39.9 Å². The third-order valence-electron chi connectivity index (χ3n) is 1.96. The summed E-state index contributed by atoms with van der Waals surface area (Å²) in [5.74, 6) is -5.55. The van der Waals surface area contributed by atoms with Crippen LogP contribution < -0.4 is 4.74 Å². The van der Waals surface area contributed by atoms with Crippen molar-refractivity contribution in [3.63, 3.8) is 0 Å². The number of benzene rings is 1. The zero-order valence-corrected chi connectivity index (χ0v) is 9.11. The molecule has 0 fully saturated rings. The minimum atomic E-state index is -5.91. The maximum absolute atomic E-state index is 13.2. The van der Waals surface area contributed by atoms with Crippen molar-refractivity contribution in [2.75, 3.05) is 0 Å². The largest absolute Gasteiger partial charge is 0.465 e. The summed E-state index contributed by atoms with van der Waals surface area (Å²) in [6.45, 7) is 0. The Morgan fingerprint density at radius 2 is 1.35 bits per heavy atom. The van der Waals surface area contributed by atoms with Crippen molar-refractivity contribution in [1.29, 1.82) is 5.26 Å². The Morgan fingerprint density at radius 3 is 1.65 bits per heavy atom. The molecule has 0 aromatic heterocycles. The highest BCUT2D eigenvalue weighted by atomic mass is 19.4. The molecule has 2 nitrogen and oxygen atoms in total. The number of alkyl halides is 6. The van der Waals surface area contributed by atoms with Crippen LogP contribution >= 0.6 is 0 Å². The van der Waals surface area contributed by atoms with Crippen LogP contribution in [0.5, 0.6) is 5.75 Å². The minimum absolute atomic E-state index is 0.252. The molecule has 0 unspecified atom stereocenters. The summed E-state index contributed by atoms with van der Waals surface area (Å²) < 4.78 is 103. The van der Waals surface area contributed by atoms with Gasteiger partial charge in [0.25, 0.3) is 6.10 Å². The van der Waals surface area contributed by atoms with Gasteiger partial charge in [-0.25, -0.2) is 8.78 Å². The maximum Gasteiger partial charge on any atom is 0.434 e. The molecule has 110 valence electrons. The van der Waals surface area contributed by atoms with Gasteiger partial charge in [-0.2, -0.15) is 31.6 Å². The van der Waals surface area contributed by atoms with E-state index >= 15 is 0 Å². The third-order valence-corrected chi connectivity index (χ3v) is 1.96. The molecule has 1 rings (SSSR count). The highest BCUT2D eigenvalue weighted by molar-refractivity contribution is 5.37. The van der Waals surface area contributed by atoms with Gasteiger partial charge in [-0.1, -0.05) is 0 Å². The molecule has 0 amide bonds. The molecule has 0 aliphatic rings. The quantitative estimate of drug-likeness (QED) is 0.780. The average Bonchev–Trinajstić information content (AvgIpc) is 2.23. The Hall–Kier alpha value is -2.05. The number of nitriles is 1. The lowest BCUT2D eigenvalue weighted by Crippen LogP contribution is -2.46. The SMILES string of the molecule is N#Cc1cc(F)c(OC(C(F)(F)F)C(F)(F)F)c(F)c1. The smallest absolute Gasteiger partial charge is 0.434 e. The van der Waals surface area contributed by atoms with Gasteiger partial charge in [-0.15, -0.1) is 0 Å². The van der Waals surface area contributed by atoms with Gasteiger partial charge in [0.1, 0.15) is 0 Å². The van der Waals surface area contributed by atoms with Crippen molar-refractivity contribution >= 4 is 0 Å². The van der Waals surface area contributed by atoms with Crippen LogP contribution in [0.25, 0.3) is 0 Å². The minimum Gasteiger partial charge on any atom is -0.465 e. The first-order valence-electron chi connectivity index (χ1n) is 4.66. The first-order chi connectivity index (χ1) is 8.96. The summed E-state index contributed by atoms with van der Waals surface area (Å²) in [5, 5.41) is 8.33. The number of hydrogen-bond donors (Lipinski definition) is 0. The Morgan fingerprint density at radius 1 is 0.950 bits per heavy atom. The fourth-order valence-electron chi connectivity index (χ4n) is 1.17. The molecule has 0 aliphatic heterocycles. The molecule has 0 saturated heterocycles. The summed E-state index contributed by atoms with van der Waals surface area (Å²) in [6.07, 6.45) is -16.2. The molecule has 0 radical (unpaired) electrons. The Balaban J connectivity index is 3.24. The van der Waals surface area contributed by atoms with Crippen LogP contribution in [0.2, 0.25) is 0 Å². The summed E-state index contributed by atoms with van der Waals surface area (Å²) in [6, 6.07) is 1.77. The van der Waals surface area contributed by atoms with E-state index in [4.69, 9.17) is 5.26 Å². The third kappa shape index (κ3) is 3.49. The molecular weight excluding hydrogens is 302 g/mol. The fraction of sp³-hybridized carbons (Fsp3) is 0.300. The van der Waals surface area contributed by atoms with Crippen LogP contribution in [0.1, 0.15) is 5.56 Å². The van der Waals surface area contributed by atoms with E-state index in [-0.39, 0.29) is 12.1 Å². The second kappa shape index (κ2) is 5.15. The van der Waals surface area contributed by atoms with Crippen molar-refractivity contribution in [1.82, 2.24) is 0 Å². The maximum atomic E-state index is 13.2. The Labute approximate surface area is 106 Å². The molecule has 1 aromatic rings. The van der Waals surface area contributed by atoms with Crippen molar-refractivity contribution in [3.05, 3.63) is 29.3 Å². The van der Waals surface area contributed by atoms with Gasteiger partial charge in [0, 0.05) is 0 Å². The lowest BCUT2D eigenvalue weighted by molar-refractivity contribution is -0.300. The normalized spacial score (nSPS) is 12.4. The van der Waals surface area contributed by atoms with Gasteiger partial charge in [0.05, 0.1) is 11.6 Å². The highest BCUT2D eigenvalue weighted by Crippen LogP contribution is 2.38. The Bertz CT molecular complexity index is 505. The van der Waals surface area contributed by atoms with Crippen molar-refractivity contribution in [3.8, 4) is 11.8 Å². The van der Waals surface area contributed by atoms with Crippen LogP contribution in [0.3, 0.4) is 0 Å². The second-order valence-corrected chi connectivity index (χ2v) is 3.46. The molecule has 0 heterocycles. The number of rotatable bonds is 2. The van der Waals surface area contributed by atoms with Gasteiger partial charge < -0.3 is 4.74 Å². The van der Waals surface area contributed by atoms with Crippen molar-refractivity contribution in [2.24, 2.45) is 0 Å². The van der Waals surface area contributed by atoms with E-state index in [1.807, 2.05) is 0 Å². The topological polar surface area (TPSA) is 33.0 Å².